The van der Waals surface area contributed by atoms with Crippen LogP contribution in [0.25, 0.3) is 0 Å². The molecule has 1 N–H and O–H groups in total. The molecule has 1 atom stereocenters. The molecule has 0 fully saturated rings. The lowest BCUT2D eigenvalue weighted by Crippen LogP contribution is -2.70. The Morgan fingerprint density at radius 1 is 0.609 bits per heavy atom. The van der Waals surface area contributed by atoms with Gasteiger partial charge in [0, 0.05) is 0 Å². The minimum atomic E-state index is -8.07. The molecule has 23 heavy (non-hydrogen) atoms. The van der Waals surface area contributed by atoms with E-state index in [-0.39, 0.29) is 0 Å². The Labute approximate surface area is 117 Å². The lowest BCUT2D eigenvalue weighted by atomic mass is 9.97. The molecule has 0 spiro atoms. The van der Waals surface area contributed by atoms with Crippen molar-refractivity contribution in [1.82, 2.24) is 0 Å². The van der Waals surface area contributed by atoms with Gasteiger partial charge in [0.15, 0.2) is 0 Å². The van der Waals surface area contributed by atoms with Crippen molar-refractivity contribution < 1.29 is 71.1 Å². The molecular formula is C6H2F13O3P. The molecule has 0 aromatic rings. The van der Waals surface area contributed by atoms with Crippen molar-refractivity contribution >= 4 is 8.25 Å². The third-order valence-electron chi connectivity index (χ3n) is 2.12. The fourth-order valence-corrected chi connectivity index (χ4v) is 1.28. The molecule has 0 bridgehead atoms. The van der Waals surface area contributed by atoms with Gasteiger partial charge < -0.3 is 4.89 Å². The maximum atomic E-state index is 12.7. The van der Waals surface area contributed by atoms with Crippen LogP contribution in [0.3, 0.4) is 0 Å². The van der Waals surface area contributed by atoms with E-state index < -0.39 is 44.2 Å². The van der Waals surface area contributed by atoms with Gasteiger partial charge in [-0.05, 0) is 0 Å². The first kappa shape index (κ1) is 22.2. The predicted octanol–water partition coefficient (Wildman–Crippen LogP) is 4.08. The van der Waals surface area contributed by atoms with Gasteiger partial charge in [0.25, 0.3) is 0 Å². The zero-order valence-corrected chi connectivity index (χ0v) is 10.7. The first-order valence-electron chi connectivity index (χ1n) is 4.54. The van der Waals surface area contributed by atoms with Crippen molar-refractivity contribution in [1.29, 1.82) is 0 Å². The normalized spacial score (nSPS) is 17.3. The van der Waals surface area contributed by atoms with Gasteiger partial charge in [-0.2, -0.15) is 57.1 Å². The summed E-state index contributed by atoms with van der Waals surface area (Å²) in [5.74, 6) is -31.7. The van der Waals surface area contributed by atoms with E-state index in [0.717, 1.165) is 0 Å². The van der Waals surface area contributed by atoms with Crippen LogP contribution in [0.4, 0.5) is 57.1 Å². The molecule has 0 rings (SSSR count). The fraction of sp³-hybridized carbons (Fsp3) is 1.00. The highest BCUT2D eigenvalue weighted by Gasteiger charge is 2.91. The van der Waals surface area contributed by atoms with E-state index in [0.29, 0.717) is 0 Å². The van der Waals surface area contributed by atoms with E-state index in [9.17, 15) is 61.6 Å². The van der Waals surface area contributed by atoms with Gasteiger partial charge in [-0.15, -0.1) is 0 Å². The van der Waals surface area contributed by atoms with Gasteiger partial charge in [0.2, 0.25) is 0 Å². The standard InChI is InChI=1S/C6H2F13O3P/c7-1(8,3(11,12)5(15,16)17)2(9,10)4(13,14)6(18,19)22-23(20)21/h23H,(H,20,21). The van der Waals surface area contributed by atoms with Crippen LogP contribution in [0, 0.1) is 0 Å². The minimum absolute atomic E-state index is 2.06. The van der Waals surface area contributed by atoms with E-state index in [1.54, 1.807) is 0 Å². The lowest BCUT2D eigenvalue weighted by molar-refractivity contribution is -0.457. The summed E-state index contributed by atoms with van der Waals surface area (Å²) in [5.41, 5.74) is 0. The van der Waals surface area contributed by atoms with E-state index >= 15 is 0 Å². The molecule has 0 aliphatic carbocycles. The number of hydrogen-bond donors (Lipinski definition) is 1. The highest BCUT2D eigenvalue weighted by molar-refractivity contribution is 7.32. The third kappa shape index (κ3) is 3.24. The van der Waals surface area contributed by atoms with Crippen LogP contribution in [-0.2, 0) is 9.09 Å². The van der Waals surface area contributed by atoms with Gasteiger partial charge >= 0.3 is 44.2 Å². The molecule has 0 aromatic carbocycles. The summed E-state index contributed by atoms with van der Waals surface area (Å²) >= 11 is 0. The SMILES string of the molecule is O=[PH](O)OC(F)(F)C(F)(F)C(F)(F)C(F)(F)C(F)(F)C(F)(F)F. The largest absolute Gasteiger partial charge is 0.460 e. The zero-order chi connectivity index (χ0) is 19.3. The summed E-state index contributed by atoms with van der Waals surface area (Å²) in [7, 11) is -5.21. The molecule has 0 aromatic heterocycles. The minimum Gasteiger partial charge on any atom is -0.326 e. The smallest absolute Gasteiger partial charge is 0.326 e. The van der Waals surface area contributed by atoms with Crippen LogP contribution in [0.1, 0.15) is 0 Å². The Kier molecular flexibility index (Phi) is 5.46. The summed E-state index contributed by atoms with van der Waals surface area (Å²) in [4.78, 5) is 7.76. The van der Waals surface area contributed by atoms with Gasteiger partial charge in [-0.3, -0.25) is 4.57 Å². The highest BCUT2D eigenvalue weighted by Crippen LogP contribution is 2.61. The van der Waals surface area contributed by atoms with Crippen LogP contribution in [0.5, 0.6) is 0 Å². The second kappa shape index (κ2) is 5.65. The second-order valence-corrected chi connectivity index (χ2v) is 4.42. The van der Waals surface area contributed by atoms with Crippen molar-refractivity contribution in [3.8, 4) is 0 Å². The van der Waals surface area contributed by atoms with E-state index in [1.807, 2.05) is 0 Å². The molecular weight excluding hydrogens is 398 g/mol. The Morgan fingerprint density at radius 2 is 0.913 bits per heavy atom. The molecule has 0 saturated carbocycles. The average molecular weight is 400 g/mol. The molecule has 1 unspecified atom stereocenters. The van der Waals surface area contributed by atoms with Crippen LogP contribution in [-0.4, -0.2) is 40.9 Å². The second-order valence-electron chi connectivity index (χ2n) is 3.68. The van der Waals surface area contributed by atoms with E-state index in [4.69, 9.17) is 4.89 Å². The number of alkyl halides is 13. The molecule has 3 nitrogen and oxygen atoms in total. The Balaban J connectivity index is 6.19. The van der Waals surface area contributed by atoms with Crippen molar-refractivity contribution in [2.45, 2.75) is 36.0 Å². The summed E-state index contributed by atoms with van der Waals surface area (Å²) in [6.07, 6.45) is -14.5. The van der Waals surface area contributed by atoms with E-state index in [1.165, 1.54) is 0 Å². The van der Waals surface area contributed by atoms with Crippen LogP contribution < -0.4 is 0 Å². The predicted molar refractivity (Wildman–Crippen MR) is 43.1 cm³/mol. The quantitative estimate of drug-likeness (QED) is 0.540. The maximum Gasteiger partial charge on any atom is 0.460 e. The van der Waals surface area contributed by atoms with Crippen molar-refractivity contribution in [2.75, 3.05) is 0 Å². The van der Waals surface area contributed by atoms with E-state index in [2.05, 4.69) is 4.52 Å². The molecule has 0 radical (unpaired) electrons. The molecule has 140 valence electrons. The Morgan fingerprint density at radius 3 is 1.17 bits per heavy atom. The summed E-state index contributed by atoms with van der Waals surface area (Å²) in [5, 5.41) is 0. The first-order valence-corrected chi connectivity index (χ1v) is 5.81. The molecule has 0 amide bonds. The van der Waals surface area contributed by atoms with Crippen LogP contribution >= 0.6 is 8.25 Å². The van der Waals surface area contributed by atoms with Gasteiger partial charge in [0.1, 0.15) is 0 Å². The highest BCUT2D eigenvalue weighted by atomic mass is 31.1. The average Bonchev–Trinajstić information content (AvgIpc) is 2.24. The maximum absolute atomic E-state index is 12.7. The number of halogens is 13. The molecule has 0 aliphatic heterocycles. The molecule has 0 saturated heterocycles. The number of hydrogen-bond acceptors (Lipinski definition) is 2. The topological polar surface area (TPSA) is 46.5 Å². The fourth-order valence-electron chi connectivity index (χ4n) is 0.929. The van der Waals surface area contributed by atoms with Crippen LogP contribution in [0.2, 0.25) is 0 Å². The zero-order valence-electron chi connectivity index (χ0n) is 9.68. The summed E-state index contributed by atoms with van der Waals surface area (Å²) < 4.78 is 173. The van der Waals surface area contributed by atoms with Gasteiger partial charge in [0.05, 0.1) is 0 Å². The van der Waals surface area contributed by atoms with Crippen molar-refractivity contribution in [3.63, 3.8) is 0 Å². The Hall–Kier alpha value is -0.760. The molecule has 0 aliphatic rings. The summed E-state index contributed by atoms with van der Waals surface area (Å²) in [6, 6.07) is 0. The van der Waals surface area contributed by atoms with Crippen LogP contribution in [0.15, 0.2) is 0 Å². The monoisotopic (exact) mass is 400 g/mol. The Bertz CT molecular complexity index is 469. The van der Waals surface area contributed by atoms with Crippen molar-refractivity contribution in [2.24, 2.45) is 0 Å². The first-order chi connectivity index (χ1) is 9.67. The molecule has 17 heteroatoms. The third-order valence-corrected chi connectivity index (χ3v) is 2.55. The van der Waals surface area contributed by atoms with Gasteiger partial charge in [-0.1, -0.05) is 0 Å². The summed E-state index contributed by atoms with van der Waals surface area (Å²) in [6.45, 7) is 0. The van der Waals surface area contributed by atoms with Gasteiger partial charge in [-0.25, -0.2) is 4.52 Å². The lowest BCUT2D eigenvalue weighted by Gasteiger charge is -2.38. The number of rotatable bonds is 6. The molecule has 0 heterocycles. The van der Waals surface area contributed by atoms with Crippen molar-refractivity contribution in [3.05, 3.63) is 0 Å².